The van der Waals surface area contributed by atoms with Crippen LogP contribution < -0.4 is 5.32 Å². The number of hydrogen-bond donors (Lipinski definition) is 1. The van der Waals surface area contributed by atoms with Gasteiger partial charge in [-0.2, -0.15) is 5.26 Å². The van der Waals surface area contributed by atoms with E-state index in [0.717, 1.165) is 17.8 Å². The van der Waals surface area contributed by atoms with Gasteiger partial charge in [0.15, 0.2) is 0 Å². The second-order valence-corrected chi connectivity index (χ2v) is 4.71. The van der Waals surface area contributed by atoms with Crippen LogP contribution in [0.2, 0.25) is 0 Å². The molecule has 0 heterocycles. The van der Waals surface area contributed by atoms with Crippen molar-refractivity contribution in [3.63, 3.8) is 0 Å². The quantitative estimate of drug-likeness (QED) is 0.611. The lowest BCUT2D eigenvalue weighted by Gasteiger charge is -2.22. The summed E-state index contributed by atoms with van der Waals surface area (Å²) in [5.41, 5.74) is 1.83. The lowest BCUT2D eigenvalue weighted by molar-refractivity contribution is -0.384. The topological polar surface area (TPSA) is 82.2 Å². The standard InChI is InChI=1S/C14H20N4O2/c1-4-17(9-11(2)8-15)10-12-7-13(18(19)20)5-6-14(12)16-3/h5-7,11,16H,4,9-10H2,1-3H3. The van der Waals surface area contributed by atoms with Crippen LogP contribution in [0.25, 0.3) is 0 Å². The Bertz CT molecular complexity index is 510. The van der Waals surface area contributed by atoms with Gasteiger partial charge in [0.2, 0.25) is 0 Å². The van der Waals surface area contributed by atoms with Crippen molar-refractivity contribution in [3.8, 4) is 6.07 Å². The van der Waals surface area contributed by atoms with Crippen molar-refractivity contribution in [2.75, 3.05) is 25.5 Å². The van der Waals surface area contributed by atoms with Crippen molar-refractivity contribution in [2.45, 2.75) is 20.4 Å². The molecule has 20 heavy (non-hydrogen) atoms. The molecular weight excluding hydrogens is 256 g/mol. The van der Waals surface area contributed by atoms with E-state index in [1.165, 1.54) is 6.07 Å². The minimum atomic E-state index is -0.392. The molecule has 0 saturated carbocycles. The predicted molar refractivity (Wildman–Crippen MR) is 78.4 cm³/mol. The van der Waals surface area contributed by atoms with Gasteiger partial charge in [-0.25, -0.2) is 0 Å². The molecule has 1 rings (SSSR count). The summed E-state index contributed by atoms with van der Waals surface area (Å²) in [5, 5.41) is 22.8. The molecule has 1 unspecified atom stereocenters. The molecule has 6 nitrogen and oxygen atoms in total. The molecule has 0 aromatic heterocycles. The van der Waals surface area contributed by atoms with E-state index in [0.29, 0.717) is 13.1 Å². The SMILES string of the molecule is CCN(Cc1cc([N+](=O)[O-])ccc1NC)CC(C)C#N. The summed E-state index contributed by atoms with van der Waals surface area (Å²) in [6.45, 7) is 5.91. The van der Waals surface area contributed by atoms with E-state index in [1.54, 1.807) is 19.2 Å². The third-order valence-corrected chi connectivity index (χ3v) is 3.16. The molecule has 108 valence electrons. The number of nitrogens with zero attached hydrogens (tertiary/aromatic N) is 3. The fourth-order valence-corrected chi connectivity index (χ4v) is 2.04. The zero-order valence-corrected chi connectivity index (χ0v) is 12.1. The maximum absolute atomic E-state index is 10.9. The molecule has 6 heteroatoms. The molecule has 1 N–H and O–H groups in total. The normalized spacial score (nSPS) is 11.9. The van der Waals surface area contributed by atoms with Gasteiger partial charge in [-0.3, -0.25) is 15.0 Å². The zero-order chi connectivity index (χ0) is 15.1. The van der Waals surface area contributed by atoms with E-state index in [1.807, 2.05) is 13.8 Å². The molecule has 0 aliphatic rings. The summed E-state index contributed by atoms with van der Waals surface area (Å²) >= 11 is 0. The number of anilines is 1. The Balaban J connectivity index is 2.95. The van der Waals surface area contributed by atoms with Crippen molar-refractivity contribution in [1.82, 2.24) is 4.90 Å². The smallest absolute Gasteiger partial charge is 0.269 e. The van der Waals surface area contributed by atoms with Gasteiger partial charge in [0, 0.05) is 38.0 Å². The van der Waals surface area contributed by atoms with Crippen LogP contribution in [0.5, 0.6) is 0 Å². The van der Waals surface area contributed by atoms with Gasteiger partial charge >= 0.3 is 0 Å². The number of nitro benzene ring substituents is 1. The van der Waals surface area contributed by atoms with Crippen LogP contribution >= 0.6 is 0 Å². The molecule has 0 spiro atoms. The summed E-state index contributed by atoms with van der Waals surface area (Å²) in [7, 11) is 1.79. The van der Waals surface area contributed by atoms with Crippen LogP contribution in [-0.2, 0) is 6.54 Å². The van der Waals surface area contributed by atoms with Gasteiger partial charge in [0.25, 0.3) is 5.69 Å². The number of nitriles is 1. The fraction of sp³-hybridized carbons (Fsp3) is 0.500. The van der Waals surface area contributed by atoms with Gasteiger partial charge in [-0.1, -0.05) is 6.92 Å². The van der Waals surface area contributed by atoms with Crippen molar-refractivity contribution < 1.29 is 4.92 Å². The van der Waals surface area contributed by atoms with Gasteiger partial charge in [-0.05, 0) is 25.1 Å². The Morgan fingerprint density at radius 3 is 2.75 bits per heavy atom. The molecule has 0 fully saturated rings. The molecule has 0 aliphatic carbocycles. The molecular formula is C14H20N4O2. The first-order chi connectivity index (χ1) is 9.51. The molecule has 0 saturated heterocycles. The second-order valence-electron chi connectivity index (χ2n) is 4.71. The molecule has 0 bridgehead atoms. The molecule has 0 aliphatic heterocycles. The minimum absolute atomic E-state index is 0.0633. The third-order valence-electron chi connectivity index (χ3n) is 3.16. The highest BCUT2D eigenvalue weighted by molar-refractivity contribution is 5.55. The lowest BCUT2D eigenvalue weighted by Crippen LogP contribution is -2.27. The highest BCUT2D eigenvalue weighted by Crippen LogP contribution is 2.23. The van der Waals surface area contributed by atoms with E-state index < -0.39 is 4.92 Å². The van der Waals surface area contributed by atoms with Gasteiger partial charge < -0.3 is 5.32 Å². The van der Waals surface area contributed by atoms with Crippen LogP contribution in [0.3, 0.4) is 0 Å². The van der Waals surface area contributed by atoms with Crippen molar-refractivity contribution in [3.05, 3.63) is 33.9 Å². The number of hydrogen-bond acceptors (Lipinski definition) is 5. The number of nitro groups is 1. The highest BCUT2D eigenvalue weighted by Gasteiger charge is 2.14. The maximum atomic E-state index is 10.9. The number of nitrogens with one attached hydrogen (secondary N) is 1. The highest BCUT2D eigenvalue weighted by atomic mass is 16.6. The summed E-state index contributed by atoms with van der Waals surface area (Å²) in [6.07, 6.45) is 0. The minimum Gasteiger partial charge on any atom is -0.388 e. The largest absolute Gasteiger partial charge is 0.388 e. The van der Waals surface area contributed by atoms with Crippen LogP contribution in [0, 0.1) is 27.4 Å². The van der Waals surface area contributed by atoms with E-state index in [2.05, 4.69) is 16.3 Å². The average Bonchev–Trinajstić information content (AvgIpc) is 2.45. The molecule has 0 amide bonds. The first-order valence-electron chi connectivity index (χ1n) is 6.58. The van der Waals surface area contributed by atoms with E-state index in [4.69, 9.17) is 5.26 Å². The molecule has 0 radical (unpaired) electrons. The monoisotopic (exact) mass is 276 g/mol. The third kappa shape index (κ3) is 4.21. The molecule has 1 aromatic carbocycles. The Morgan fingerprint density at radius 1 is 1.55 bits per heavy atom. The van der Waals surface area contributed by atoms with Crippen molar-refractivity contribution in [1.29, 1.82) is 5.26 Å². The Morgan fingerprint density at radius 2 is 2.25 bits per heavy atom. The van der Waals surface area contributed by atoms with Gasteiger partial charge in [0.05, 0.1) is 16.9 Å². The van der Waals surface area contributed by atoms with Crippen molar-refractivity contribution >= 4 is 11.4 Å². The molecule has 1 aromatic rings. The fourth-order valence-electron chi connectivity index (χ4n) is 2.04. The lowest BCUT2D eigenvalue weighted by atomic mass is 10.1. The first-order valence-corrected chi connectivity index (χ1v) is 6.58. The zero-order valence-electron chi connectivity index (χ0n) is 12.1. The van der Waals surface area contributed by atoms with E-state index in [-0.39, 0.29) is 11.6 Å². The summed E-state index contributed by atoms with van der Waals surface area (Å²) in [6, 6.07) is 7.00. The predicted octanol–water partition coefficient (Wildman–Crippen LogP) is 2.62. The van der Waals surface area contributed by atoms with E-state index in [9.17, 15) is 10.1 Å². The van der Waals surface area contributed by atoms with Crippen LogP contribution in [0.4, 0.5) is 11.4 Å². The summed E-state index contributed by atoms with van der Waals surface area (Å²) in [4.78, 5) is 12.6. The van der Waals surface area contributed by atoms with Gasteiger partial charge in [0.1, 0.15) is 0 Å². The van der Waals surface area contributed by atoms with Crippen LogP contribution in [-0.4, -0.2) is 30.0 Å². The van der Waals surface area contributed by atoms with Gasteiger partial charge in [-0.15, -0.1) is 0 Å². The Hall–Kier alpha value is -2.13. The van der Waals surface area contributed by atoms with Crippen molar-refractivity contribution in [2.24, 2.45) is 5.92 Å². The number of rotatable bonds is 7. The maximum Gasteiger partial charge on any atom is 0.269 e. The van der Waals surface area contributed by atoms with E-state index >= 15 is 0 Å². The van der Waals surface area contributed by atoms with Crippen LogP contribution in [0.15, 0.2) is 18.2 Å². The second kappa shape index (κ2) is 7.46. The first kappa shape index (κ1) is 15.9. The summed E-state index contributed by atoms with van der Waals surface area (Å²) < 4.78 is 0. The Kier molecular flexibility index (Phi) is 5.94. The number of benzene rings is 1. The summed E-state index contributed by atoms with van der Waals surface area (Å²) in [5.74, 6) is -0.0633. The van der Waals surface area contributed by atoms with Crippen LogP contribution in [0.1, 0.15) is 19.4 Å². The Labute approximate surface area is 119 Å². The number of non-ortho nitro benzene ring substituents is 1. The molecule has 1 atom stereocenters. The average molecular weight is 276 g/mol.